The van der Waals surface area contributed by atoms with Gasteiger partial charge in [-0.2, -0.15) is 0 Å². The average molecular weight is 290 g/mol. The second-order valence-corrected chi connectivity index (χ2v) is 5.53. The van der Waals surface area contributed by atoms with Crippen molar-refractivity contribution in [3.63, 3.8) is 0 Å². The lowest BCUT2D eigenvalue weighted by atomic mass is 9.86. The molecule has 0 aliphatic rings. The minimum atomic E-state index is 0.0116. The quantitative estimate of drug-likeness (QED) is 0.724. The molecule has 0 saturated heterocycles. The van der Waals surface area contributed by atoms with Crippen LogP contribution in [0.2, 0.25) is 0 Å². The number of benzene rings is 1. The summed E-state index contributed by atoms with van der Waals surface area (Å²) in [7, 11) is 0. The molecule has 72 valence electrons. The van der Waals surface area contributed by atoms with Crippen LogP contribution in [0, 0.1) is 10.5 Å². The van der Waals surface area contributed by atoms with Crippen molar-refractivity contribution < 1.29 is 5.11 Å². The summed E-state index contributed by atoms with van der Waals surface area (Å²) in [5.41, 5.74) is 2.16. The number of rotatable bonds is 0. The van der Waals surface area contributed by atoms with Gasteiger partial charge in [-0.1, -0.05) is 20.8 Å². The van der Waals surface area contributed by atoms with Gasteiger partial charge in [0.2, 0.25) is 0 Å². The van der Waals surface area contributed by atoms with Crippen molar-refractivity contribution in [1.82, 2.24) is 0 Å². The second kappa shape index (κ2) is 3.48. The van der Waals surface area contributed by atoms with E-state index in [1.54, 1.807) is 0 Å². The van der Waals surface area contributed by atoms with E-state index >= 15 is 0 Å². The van der Waals surface area contributed by atoms with Gasteiger partial charge >= 0.3 is 0 Å². The molecule has 0 spiro atoms. The van der Waals surface area contributed by atoms with Gasteiger partial charge in [0.15, 0.2) is 0 Å². The largest absolute Gasteiger partial charge is 0.508 e. The number of aromatic hydroxyl groups is 1. The maximum absolute atomic E-state index is 9.75. The molecule has 0 unspecified atom stereocenters. The van der Waals surface area contributed by atoms with Gasteiger partial charge in [0.05, 0.1) is 0 Å². The Balaban J connectivity index is 3.32. The van der Waals surface area contributed by atoms with Gasteiger partial charge in [0, 0.05) is 9.13 Å². The molecule has 0 fully saturated rings. The minimum Gasteiger partial charge on any atom is -0.508 e. The normalized spacial score (nSPS) is 11.8. The van der Waals surface area contributed by atoms with Gasteiger partial charge in [-0.05, 0) is 52.6 Å². The van der Waals surface area contributed by atoms with Crippen LogP contribution in [-0.4, -0.2) is 5.11 Å². The van der Waals surface area contributed by atoms with E-state index in [1.165, 1.54) is 3.57 Å². The van der Waals surface area contributed by atoms with E-state index in [2.05, 4.69) is 49.4 Å². The van der Waals surface area contributed by atoms with Crippen LogP contribution in [0.15, 0.2) is 12.1 Å². The molecule has 13 heavy (non-hydrogen) atoms. The zero-order chi connectivity index (χ0) is 10.2. The Labute approximate surface area is 93.3 Å². The molecule has 2 heteroatoms. The number of hydrogen-bond acceptors (Lipinski definition) is 1. The van der Waals surface area contributed by atoms with Gasteiger partial charge < -0.3 is 5.11 Å². The Morgan fingerprint density at radius 2 is 1.77 bits per heavy atom. The van der Waals surface area contributed by atoms with Crippen molar-refractivity contribution in [2.75, 3.05) is 0 Å². The van der Waals surface area contributed by atoms with Crippen LogP contribution >= 0.6 is 22.6 Å². The molecule has 0 amide bonds. The lowest BCUT2D eigenvalue weighted by molar-refractivity contribution is 0.446. The maximum Gasteiger partial charge on any atom is 0.119 e. The van der Waals surface area contributed by atoms with E-state index in [9.17, 15) is 5.11 Å². The minimum absolute atomic E-state index is 0.0116. The molecule has 0 aliphatic heterocycles. The summed E-state index contributed by atoms with van der Waals surface area (Å²) in [6.45, 7) is 8.32. The van der Waals surface area contributed by atoms with Gasteiger partial charge in [-0.25, -0.2) is 0 Å². The summed E-state index contributed by atoms with van der Waals surface area (Å²) in [5.74, 6) is 0.408. The van der Waals surface area contributed by atoms with Gasteiger partial charge in [0.25, 0.3) is 0 Å². The van der Waals surface area contributed by atoms with E-state index < -0.39 is 0 Å². The monoisotopic (exact) mass is 290 g/mol. The van der Waals surface area contributed by atoms with Crippen molar-refractivity contribution >= 4 is 22.6 Å². The van der Waals surface area contributed by atoms with Gasteiger partial charge in [0.1, 0.15) is 5.75 Å². The fourth-order valence-electron chi connectivity index (χ4n) is 1.27. The Kier molecular flexibility index (Phi) is 2.90. The van der Waals surface area contributed by atoms with Crippen molar-refractivity contribution in [2.45, 2.75) is 33.1 Å². The highest BCUT2D eigenvalue weighted by Gasteiger charge is 2.18. The number of halogens is 1. The van der Waals surface area contributed by atoms with E-state index in [1.807, 2.05) is 13.0 Å². The summed E-state index contributed by atoms with van der Waals surface area (Å²) in [5, 5.41) is 9.75. The zero-order valence-electron chi connectivity index (χ0n) is 8.48. The summed E-state index contributed by atoms with van der Waals surface area (Å²) < 4.78 is 1.21. The molecular formula is C11H15IO. The fraction of sp³-hybridized carbons (Fsp3) is 0.455. The van der Waals surface area contributed by atoms with Crippen LogP contribution in [0.25, 0.3) is 0 Å². The molecule has 0 saturated carbocycles. The van der Waals surface area contributed by atoms with Crippen LogP contribution in [0.1, 0.15) is 31.9 Å². The van der Waals surface area contributed by atoms with E-state index in [0.717, 1.165) is 11.1 Å². The Morgan fingerprint density at radius 3 is 2.23 bits per heavy atom. The second-order valence-electron chi connectivity index (χ2n) is 4.37. The average Bonchev–Trinajstić information content (AvgIpc) is 1.94. The molecule has 0 aliphatic carbocycles. The number of hydrogen-bond donors (Lipinski definition) is 1. The fourth-order valence-corrected chi connectivity index (χ4v) is 1.73. The number of aryl methyl sites for hydroxylation is 1. The smallest absolute Gasteiger partial charge is 0.119 e. The van der Waals surface area contributed by atoms with Crippen LogP contribution in [0.5, 0.6) is 5.75 Å². The van der Waals surface area contributed by atoms with E-state index in [4.69, 9.17) is 0 Å². The lowest BCUT2D eigenvalue weighted by Crippen LogP contribution is -2.11. The third-order valence-electron chi connectivity index (χ3n) is 2.08. The van der Waals surface area contributed by atoms with Crippen molar-refractivity contribution in [3.8, 4) is 5.75 Å². The van der Waals surface area contributed by atoms with E-state index in [0.29, 0.717) is 5.75 Å². The summed E-state index contributed by atoms with van der Waals surface area (Å²) in [6, 6.07) is 3.90. The summed E-state index contributed by atoms with van der Waals surface area (Å²) in [6.07, 6.45) is 0. The molecular weight excluding hydrogens is 275 g/mol. The third-order valence-corrected chi connectivity index (χ3v) is 3.25. The summed E-state index contributed by atoms with van der Waals surface area (Å²) >= 11 is 2.30. The predicted octanol–water partition coefficient (Wildman–Crippen LogP) is 3.60. The molecule has 0 bridgehead atoms. The first-order valence-electron chi connectivity index (χ1n) is 4.32. The van der Waals surface area contributed by atoms with Crippen molar-refractivity contribution in [1.29, 1.82) is 0 Å². The summed E-state index contributed by atoms with van der Waals surface area (Å²) in [4.78, 5) is 0. The Bertz CT molecular complexity index is 324. The standard InChI is InChI=1S/C11H15IO/c1-7-5-10(13)8(6-9(7)12)11(2,3)4/h5-6,13H,1-4H3. The molecule has 0 atom stereocenters. The highest BCUT2D eigenvalue weighted by molar-refractivity contribution is 14.1. The SMILES string of the molecule is Cc1cc(O)c(C(C)(C)C)cc1I. The third kappa shape index (κ3) is 2.36. The Hall–Kier alpha value is -0.250. The Morgan fingerprint density at radius 1 is 1.23 bits per heavy atom. The van der Waals surface area contributed by atoms with Crippen molar-refractivity contribution in [2.24, 2.45) is 0 Å². The van der Waals surface area contributed by atoms with Crippen LogP contribution < -0.4 is 0 Å². The van der Waals surface area contributed by atoms with E-state index in [-0.39, 0.29) is 5.41 Å². The maximum atomic E-state index is 9.75. The molecule has 1 nitrogen and oxygen atoms in total. The molecule has 1 rings (SSSR count). The number of phenolic OH excluding ortho intramolecular Hbond substituents is 1. The molecule has 0 aromatic heterocycles. The molecule has 1 aromatic rings. The van der Waals surface area contributed by atoms with Gasteiger partial charge in [-0.3, -0.25) is 0 Å². The highest BCUT2D eigenvalue weighted by atomic mass is 127. The van der Waals surface area contributed by atoms with Crippen LogP contribution in [0.3, 0.4) is 0 Å². The predicted molar refractivity (Wildman–Crippen MR) is 64.3 cm³/mol. The molecule has 0 heterocycles. The molecule has 1 aromatic carbocycles. The lowest BCUT2D eigenvalue weighted by Gasteiger charge is -2.21. The first-order valence-corrected chi connectivity index (χ1v) is 5.40. The zero-order valence-corrected chi connectivity index (χ0v) is 10.6. The first kappa shape index (κ1) is 10.8. The number of phenols is 1. The first-order chi connectivity index (χ1) is 5.82. The van der Waals surface area contributed by atoms with Crippen LogP contribution in [-0.2, 0) is 5.41 Å². The molecule has 1 N–H and O–H groups in total. The molecule has 0 radical (unpaired) electrons. The highest BCUT2D eigenvalue weighted by Crippen LogP contribution is 2.33. The topological polar surface area (TPSA) is 20.2 Å². The van der Waals surface area contributed by atoms with Crippen molar-refractivity contribution in [3.05, 3.63) is 26.8 Å². The van der Waals surface area contributed by atoms with Crippen LogP contribution in [0.4, 0.5) is 0 Å². The van der Waals surface area contributed by atoms with Gasteiger partial charge in [-0.15, -0.1) is 0 Å².